The third kappa shape index (κ3) is 5.88. The van der Waals surface area contributed by atoms with Crippen LogP contribution in [0.3, 0.4) is 0 Å². The van der Waals surface area contributed by atoms with E-state index in [1.165, 1.54) is 58.2 Å². The third-order valence-electron chi connectivity index (χ3n) is 9.64. The van der Waals surface area contributed by atoms with Gasteiger partial charge in [-0.3, -0.25) is 0 Å². The molecule has 204 valence electrons. The summed E-state index contributed by atoms with van der Waals surface area (Å²) in [6.45, 7) is 33.9. The fourth-order valence-electron chi connectivity index (χ4n) is 5.70. The molecular weight excluding hydrogens is 506 g/mol. The summed E-state index contributed by atoms with van der Waals surface area (Å²) >= 11 is 0. The van der Waals surface area contributed by atoms with Crippen molar-refractivity contribution in [1.29, 1.82) is 0 Å². The van der Waals surface area contributed by atoms with Crippen molar-refractivity contribution < 1.29 is 0 Å². The summed E-state index contributed by atoms with van der Waals surface area (Å²) in [7, 11) is -4.12. The molecular formula is C30H56N2P2Si2. The lowest BCUT2D eigenvalue weighted by Gasteiger charge is -2.36. The molecule has 0 saturated heterocycles. The Labute approximate surface area is 228 Å². The normalized spacial score (nSPS) is 15.4. The zero-order chi connectivity index (χ0) is 27.7. The molecule has 0 aliphatic heterocycles. The zero-order valence-electron chi connectivity index (χ0n) is 26.2. The Morgan fingerprint density at radius 3 is 1.00 bits per heavy atom. The van der Waals surface area contributed by atoms with Gasteiger partial charge in [0.2, 0.25) is 0 Å². The van der Waals surface area contributed by atoms with Crippen LogP contribution in [0.25, 0.3) is 11.0 Å². The van der Waals surface area contributed by atoms with Crippen molar-refractivity contribution in [1.82, 2.24) is 9.97 Å². The van der Waals surface area contributed by atoms with Crippen molar-refractivity contribution in [2.75, 3.05) is 13.3 Å². The second kappa shape index (κ2) is 11.9. The van der Waals surface area contributed by atoms with Gasteiger partial charge < -0.3 is 0 Å². The van der Waals surface area contributed by atoms with E-state index < -0.39 is 32.0 Å². The summed E-state index contributed by atoms with van der Waals surface area (Å²) < 4.78 is 0. The van der Waals surface area contributed by atoms with Gasteiger partial charge in [0, 0.05) is 0 Å². The molecule has 0 amide bonds. The largest absolute Gasteiger partial charge is 0.244 e. The van der Waals surface area contributed by atoms with Gasteiger partial charge in [-0.05, 0) is 34.0 Å². The van der Waals surface area contributed by atoms with E-state index >= 15 is 0 Å². The van der Waals surface area contributed by atoms with Gasteiger partial charge in [0.15, 0.2) is 0 Å². The monoisotopic (exact) mass is 562 g/mol. The molecule has 0 aliphatic rings. The molecule has 0 bridgehead atoms. The summed E-state index contributed by atoms with van der Waals surface area (Å²) in [6, 6.07) is 12.8. The maximum atomic E-state index is 5.80. The molecule has 0 spiro atoms. The van der Waals surface area contributed by atoms with Crippen molar-refractivity contribution in [2.24, 2.45) is 0 Å². The maximum Gasteiger partial charge on any atom is 0.0899 e. The lowest BCUT2D eigenvalue weighted by Crippen LogP contribution is -2.52. The molecule has 0 N–H and O–H groups in total. The van der Waals surface area contributed by atoms with E-state index in [0.29, 0.717) is 0 Å². The first-order valence-corrected chi connectivity index (χ1v) is 23.3. The smallest absolute Gasteiger partial charge is 0.0899 e. The van der Waals surface area contributed by atoms with E-state index in [9.17, 15) is 0 Å². The zero-order valence-corrected chi connectivity index (χ0v) is 30.0. The van der Waals surface area contributed by atoms with Crippen LogP contribution in [0.15, 0.2) is 12.1 Å². The predicted molar refractivity (Wildman–Crippen MR) is 178 cm³/mol. The van der Waals surface area contributed by atoms with Gasteiger partial charge in [-0.1, -0.05) is 147 Å². The van der Waals surface area contributed by atoms with Gasteiger partial charge in [-0.2, -0.15) is 0 Å². The third-order valence-corrected chi connectivity index (χ3v) is 26.9. The molecule has 6 heteroatoms. The highest BCUT2D eigenvalue weighted by Crippen LogP contribution is 2.49. The van der Waals surface area contributed by atoms with Crippen LogP contribution in [0.2, 0.25) is 36.3 Å². The summed E-state index contributed by atoms with van der Waals surface area (Å²) in [6.07, 6.45) is 0. The van der Waals surface area contributed by atoms with Gasteiger partial charge in [0.1, 0.15) is 0 Å². The SMILES string of the molecule is CC[Si](CC)(CC)c1ccc([Si](CC)(CC)CC)c2nc([P@](C)C(C)(C)C)c([P@](C)C(C)(C)C)nc12. The molecule has 0 radical (unpaired) electrons. The molecule has 1 aromatic heterocycles. The van der Waals surface area contributed by atoms with Gasteiger partial charge >= 0.3 is 0 Å². The van der Waals surface area contributed by atoms with E-state index in [2.05, 4.69) is 109 Å². The van der Waals surface area contributed by atoms with Gasteiger partial charge in [-0.15, -0.1) is 0 Å². The van der Waals surface area contributed by atoms with Crippen molar-refractivity contribution in [3.05, 3.63) is 12.1 Å². The summed E-state index contributed by atoms with van der Waals surface area (Å²) in [4.78, 5) is 11.6. The van der Waals surface area contributed by atoms with E-state index in [1.54, 1.807) is 10.4 Å². The fraction of sp³-hybridized carbons (Fsp3) is 0.733. The molecule has 1 aromatic carbocycles. The summed E-state index contributed by atoms with van der Waals surface area (Å²) in [5, 5.41) is 3.60. The van der Waals surface area contributed by atoms with Crippen LogP contribution in [-0.2, 0) is 0 Å². The molecule has 2 nitrogen and oxygen atoms in total. The fourth-order valence-corrected chi connectivity index (χ4v) is 16.6. The van der Waals surface area contributed by atoms with Crippen LogP contribution < -0.4 is 21.2 Å². The quantitative estimate of drug-likeness (QED) is 0.216. The van der Waals surface area contributed by atoms with Crippen molar-refractivity contribution in [3.63, 3.8) is 0 Å². The van der Waals surface area contributed by atoms with Crippen molar-refractivity contribution in [3.8, 4) is 0 Å². The number of hydrogen-bond donors (Lipinski definition) is 0. The number of benzene rings is 1. The standard InChI is InChI=1S/C30H56N2P2Si2/c1-15-35(16-2,17-3)23-21-22-24(36(18-4,19-5)20-6)26-25(23)31-27(33(13)29(7,8)9)28(32-26)34(14)30(10,11)12/h21-22H,15-20H2,1-14H3/t33-,34-/m0/s1. The highest BCUT2D eigenvalue weighted by atomic mass is 31.1. The van der Waals surface area contributed by atoms with Crippen LogP contribution in [0, 0.1) is 0 Å². The van der Waals surface area contributed by atoms with E-state index in [1.807, 2.05) is 0 Å². The highest BCUT2D eigenvalue weighted by Gasteiger charge is 2.38. The number of rotatable bonds is 10. The minimum absolute atomic E-state index is 0.210. The van der Waals surface area contributed by atoms with E-state index in [-0.39, 0.29) is 10.3 Å². The van der Waals surface area contributed by atoms with Gasteiger partial charge in [-0.25, -0.2) is 9.97 Å². The molecule has 0 aliphatic carbocycles. The molecule has 0 saturated carbocycles. The van der Waals surface area contributed by atoms with Crippen LogP contribution in [0.1, 0.15) is 83.1 Å². The molecule has 1 heterocycles. The molecule has 36 heavy (non-hydrogen) atoms. The Morgan fingerprint density at radius 2 is 0.806 bits per heavy atom. The molecule has 2 rings (SSSR count). The van der Waals surface area contributed by atoms with Crippen LogP contribution in [0.4, 0.5) is 0 Å². The highest BCUT2D eigenvalue weighted by molar-refractivity contribution is 7.72. The van der Waals surface area contributed by atoms with Gasteiger partial charge in [0.05, 0.1) is 38.1 Å². The Morgan fingerprint density at radius 1 is 0.556 bits per heavy atom. The van der Waals surface area contributed by atoms with Crippen LogP contribution in [-0.4, -0.2) is 49.8 Å². The van der Waals surface area contributed by atoms with Crippen molar-refractivity contribution in [2.45, 2.75) is 130 Å². The molecule has 2 aromatic rings. The average molecular weight is 563 g/mol. The Balaban J connectivity index is 3.21. The minimum Gasteiger partial charge on any atom is -0.244 e. The molecule has 2 atom stereocenters. The lowest BCUT2D eigenvalue weighted by atomic mass is 10.3. The Bertz CT molecular complexity index is 933. The molecule has 0 fully saturated rings. The lowest BCUT2D eigenvalue weighted by molar-refractivity contribution is 0.787. The number of aromatic nitrogens is 2. The second-order valence-corrected chi connectivity index (χ2v) is 29.1. The number of nitrogens with zero attached hydrogens (tertiary/aromatic N) is 2. The average Bonchev–Trinajstić information content (AvgIpc) is 2.84. The first-order valence-electron chi connectivity index (χ1n) is 14.5. The Kier molecular flexibility index (Phi) is 10.6. The van der Waals surface area contributed by atoms with Crippen molar-refractivity contribution >= 4 is 64.3 Å². The minimum atomic E-state index is -1.63. The molecule has 0 unspecified atom stereocenters. The topological polar surface area (TPSA) is 25.8 Å². The van der Waals surface area contributed by atoms with E-state index in [0.717, 1.165) is 0 Å². The van der Waals surface area contributed by atoms with Gasteiger partial charge in [0.25, 0.3) is 0 Å². The van der Waals surface area contributed by atoms with E-state index in [4.69, 9.17) is 9.97 Å². The predicted octanol–water partition coefficient (Wildman–Crippen LogP) is 8.13. The number of hydrogen-bond acceptors (Lipinski definition) is 2. The second-order valence-electron chi connectivity index (χ2n) is 12.9. The first-order chi connectivity index (χ1) is 16.6. The maximum absolute atomic E-state index is 5.80. The summed E-state index contributed by atoms with van der Waals surface area (Å²) in [5.41, 5.74) is 5.28. The first kappa shape index (κ1) is 32.1. The van der Waals surface area contributed by atoms with Crippen LogP contribution in [0.5, 0.6) is 0 Å². The van der Waals surface area contributed by atoms with Crippen LogP contribution >= 0.6 is 15.8 Å². The Hall–Kier alpha value is -0.146. The summed E-state index contributed by atoms with van der Waals surface area (Å²) in [5.74, 6) is 0. The number of fused-ring (bicyclic) bond motifs is 1.